The molecule has 0 bridgehead atoms. The van der Waals surface area contributed by atoms with Crippen molar-refractivity contribution in [1.29, 1.82) is 0 Å². The van der Waals surface area contributed by atoms with Gasteiger partial charge in [0.2, 0.25) is 10.0 Å². The average Bonchev–Trinajstić information content (AvgIpc) is 2.40. The molecule has 1 aromatic heterocycles. The Kier molecular flexibility index (Phi) is 3.91. The highest BCUT2D eigenvalue weighted by Crippen LogP contribution is 2.08. The standard InChI is InChI=1S/C11H16N4O4S/c1-13-10(16)4-3-9(12-13)11(17)14-5-7-15(8-6-14)20(2,18)19/h3-4H,5-8H2,1-2H3. The molecule has 1 amide bonds. The smallest absolute Gasteiger partial charge is 0.274 e. The van der Waals surface area contributed by atoms with Gasteiger partial charge >= 0.3 is 0 Å². The lowest BCUT2D eigenvalue weighted by atomic mass is 10.3. The van der Waals surface area contributed by atoms with Gasteiger partial charge in [-0.3, -0.25) is 9.59 Å². The number of piperazine rings is 1. The van der Waals surface area contributed by atoms with Crippen LogP contribution in [0.3, 0.4) is 0 Å². The number of nitrogens with zero attached hydrogens (tertiary/aromatic N) is 4. The third-order valence-electron chi connectivity index (χ3n) is 3.17. The molecule has 0 spiro atoms. The van der Waals surface area contributed by atoms with Crippen molar-refractivity contribution in [3.63, 3.8) is 0 Å². The van der Waals surface area contributed by atoms with E-state index in [-0.39, 0.29) is 30.2 Å². The molecular formula is C11H16N4O4S. The largest absolute Gasteiger partial charge is 0.335 e. The number of sulfonamides is 1. The molecule has 1 fully saturated rings. The summed E-state index contributed by atoms with van der Waals surface area (Å²) in [6.45, 7) is 1.18. The summed E-state index contributed by atoms with van der Waals surface area (Å²) in [5, 5.41) is 3.90. The van der Waals surface area contributed by atoms with Crippen LogP contribution in [0.25, 0.3) is 0 Å². The number of hydrogen-bond acceptors (Lipinski definition) is 5. The fourth-order valence-electron chi connectivity index (χ4n) is 2.00. The first-order chi connectivity index (χ1) is 9.29. The van der Waals surface area contributed by atoms with Crippen LogP contribution in [0.1, 0.15) is 10.5 Å². The molecule has 0 atom stereocenters. The highest BCUT2D eigenvalue weighted by Gasteiger charge is 2.27. The predicted octanol–water partition coefficient (Wildman–Crippen LogP) is -1.50. The van der Waals surface area contributed by atoms with Gasteiger partial charge < -0.3 is 4.90 Å². The van der Waals surface area contributed by atoms with Crippen molar-refractivity contribution < 1.29 is 13.2 Å². The molecule has 2 rings (SSSR count). The normalized spacial score (nSPS) is 17.2. The number of rotatable bonds is 2. The first-order valence-corrected chi connectivity index (χ1v) is 7.92. The number of aryl methyl sites for hydroxylation is 1. The Bertz CT molecular complexity index is 674. The minimum atomic E-state index is -3.22. The van der Waals surface area contributed by atoms with Gasteiger partial charge in [0.05, 0.1) is 6.26 Å². The molecule has 1 aliphatic rings. The highest BCUT2D eigenvalue weighted by atomic mass is 32.2. The number of carbonyl (C=O) groups excluding carboxylic acids is 1. The molecule has 0 saturated carbocycles. The van der Waals surface area contributed by atoms with E-state index < -0.39 is 10.0 Å². The van der Waals surface area contributed by atoms with E-state index in [1.807, 2.05) is 0 Å². The third-order valence-corrected chi connectivity index (χ3v) is 4.48. The molecule has 0 radical (unpaired) electrons. The first kappa shape index (κ1) is 14.7. The summed E-state index contributed by atoms with van der Waals surface area (Å²) in [6, 6.07) is 2.67. The van der Waals surface area contributed by atoms with Crippen LogP contribution < -0.4 is 5.56 Å². The van der Waals surface area contributed by atoms with Gasteiger partial charge in [0.25, 0.3) is 11.5 Å². The van der Waals surface area contributed by atoms with Crippen molar-refractivity contribution in [2.75, 3.05) is 32.4 Å². The lowest BCUT2D eigenvalue weighted by molar-refractivity contribution is 0.0689. The number of amides is 1. The van der Waals surface area contributed by atoms with Gasteiger partial charge in [0, 0.05) is 39.3 Å². The summed E-state index contributed by atoms with van der Waals surface area (Å²) in [4.78, 5) is 25.0. The zero-order chi connectivity index (χ0) is 14.9. The van der Waals surface area contributed by atoms with E-state index in [1.165, 1.54) is 28.4 Å². The number of hydrogen-bond donors (Lipinski definition) is 0. The van der Waals surface area contributed by atoms with E-state index >= 15 is 0 Å². The van der Waals surface area contributed by atoms with Crippen LogP contribution in [0.2, 0.25) is 0 Å². The van der Waals surface area contributed by atoms with Gasteiger partial charge in [-0.15, -0.1) is 0 Å². The van der Waals surface area contributed by atoms with Crippen LogP contribution >= 0.6 is 0 Å². The second-order valence-corrected chi connectivity index (χ2v) is 6.62. The van der Waals surface area contributed by atoms with Crippen molar-refractivity contribution in [2.24, 2.45) is 7.05 Å². The molecule has 0 N–H and O–H groups in total. The number of carbonyl (C=O) groups is 1. The van der Waals surface area contributed by atoms with Crippen LogP contribution in [-0.2, 0) is 17.1 Å². The van der Waals surface area contributed by atoms with Crippen molar-refractivity contribution in [3.8, 4) is 0 Å². The lowest BCUT2D eigenvalue weighted by Crippen LogP contribution is -2.50. The maximum absolute atomic E-state index is 12.2. The zero-order valence-electron chi connectivity index (χ0n) is 11.3. The van der Waals surface area contributed by atoms with Gasteiger partial charge in [-0.2, -0.15) is 9.40 Å². The maximum Gasteiger partial charge on any atom is 0.274 e. The molecule has 0 unspecified atom stereocenters. The Balaban J connectivity index is 2.09. The average molecular weight is 300 g/mol. The Morgan fingerprint density at radius 2 is 1.80 bits per heavy atom. The van der Waals surface area contributed by atoms with Gasteiger partial charge in [0.1, 0.15) is 5.69 Å². The topological polar surface area (TPSA) is 92.6 Å². The van der Waals surface area contributed by atoms with Gasteiger partial charge in [-0.05, 0) is 6.07 Å². The van der Waals surface area contributed by atoms with Crippen molar-refractivity contribution in [1.82, 2.24) is 19.0 Å². The summed E-state index contributed by atoms with van der Waals surface area (Å²) in [7, 11) is -1.74. The second-order valence-electron chi connectivity index (χ2n) is 4.63. The van der Waals surface area contributed by atoms with E-state index in [9.17, 15) is 18.0 Å². The van der Waals surface area contributed by atoms with Crippen LogP contribution in [0, 0.1) is 0 Å². The molecular weight excluding hydrogens is 284 g/mol. The van der Waals surface area contributed by atoms with Crippen LogP contribution in [-0.4, -0.2) is 65.7 Å². The van der Waals surface area contributed by atoms with Crippen LogP contribution in [0.5, 0.6) is 0 Å². The van der Waals surface area contributed by atoms with Gasteiger partial charge in [-0.1, -0.05) is 0 Å². The fraction of sp³-hybridized carbons (Fsp3) is 0.545. The van der Waals surface area contributed by atoms with Crippen molar-refractivity contribution >= 4 is 15.9 Å². The summed E-state index contributed by atoms with van der Waals surface area (Å²) in [5.41, 5.74) is -0.108. The Morgan fingerprint density at radius 1 is 1.20 bits per heavy atom. The molecule has 110 valence electrons. The quantitative estimate of drug-likeness (QED) is 0.662. The Hall–Kier alpha value is -1.74. The molecule has 2 heterocycles. The predicted molar refractivity (Wildman–Crippen MR) is 71.8 cm³/mol. The van der Waals surface area contributed by atoms with Crippen molar-refractivity contribution in [2.45, 2.75) is 0 Å². The SMILES string of the molecule is Cn1nc(C(=O)N2CCN(S(C)(=O)=O)CC2)ccc1=O. The Labute approximate surface area is 116 Å². The monoisotopic (exact) mass is 300 g/mol. The number of aromatic nitrogens is 2. The highest BCUT2D eigenvalue weighted by molar-refractivity contribution is 7.88. The van der Waals surface area contributed by atoms with Crippen LogP contribution in [0.15, 0.2) is 16.9 Å². The fourth-order valence-corrected chi connectivity index (χ4v) is 2.83. The van der Waals surface area contributed by atoms with Gasteiger partial charge in [0.15, 0.2) is 0 Å². The molecule has 9 heteroatoms. The van der Waals surface area contributed by atoms with Gasteiger partial charge in [-0.25, -0.2) is 13.1 Å². The molecule has 0 aromatic carbocycles. The summed E-state index contributed by atoms with van der Waals surface area (Å²) in [5.74, 6) is -0.297. The molecule has 1 saturated heterocycles. The van der Waals surface area contributed by atoms with E-state index in [1.54, 1.807) is 0 Å². The zero-order valence-corrected chi connectivity index (χ0v) is 12.1. The van der Waals surface area contributed by atoms with E-state index in [2.05, 4.69) is 5.10 Å². The summed E-state index contributed by atoms with van der Waals surface area (Å²) >= 11 is 0. The minimum Gasteiger partial charge on any atom is -0.335 e. The van der Waals surface area contributed by atoms with E-state index in [4.69, 9.17) is 0 Å². The minimum absolute atomic E-state index is 0.180. The lowest BCUT2D eigenvalue weighted by Gasteiger charge is -2.33. The molecule has 20 heavy (non-hydrogen) atoms. The molecule has 0 aliphatic carbocycles. The molecule has 1 aromatic rings. The second kappa shape index (κ2) is 5.33. The summed E-state index contributed by atoms with van der Waals surface area (Å²) in [6.07, 6.45) is 1.15. The van der Waals surface area contributed by atoms with E-state index in [0.717, 1.165) is 10.9 Å². The summed E-state index contributed by atoms with van der Waals surface area (Å²) < 4.78 is 25.2. The first-order valence-electron chi connectivity index (χ1n) is 6.08. The maximum atomic E-state index is 12.2. The van der Waals surface area contributed by atoms with E-state index in [0.29, 0.717) is 13.1 Å². The molecule has 1 aliphatic heterocycles. The molecule has 8 nitrogen and oxygen atoms in total. The Morgan fingerprint density at radius 3 is 2.30 bits per heavy atom. The van der Waals surface area contributed by atoms with Crippen LogP contribution in [0.4, 0.5) is 0 Å². The third kappa shape index (κ3) is 3.05. The van der Waals surface area contributed by atoms with Crippen molar-refractivity contribution in [3.05, 3.63) is 28.2 Å².